The molecule has 3 rings (SSSR count). The average molecular weight is 358 g/mol. The second kappa shape index (κ2) is 6.30. The van der Waals surface area contributed by atoms with Crippen LogP contribution in [0.25, 0.3) is 11.1 Å². The maximum Gasteiger partial charge on any atom is 0.298 e. The van der Waals surface area contributed by atoms with Crippen molar-refractivity contribution in [2.75, 3.05) is 37.8 Å². The van der Waals surface area contributed by atoms with Crippen LogP contribution >= 0.6 is 11.6 Å². The van der Waals surface area contributed by atoms with Gasteiger partial charge in [-0.2, -0.15) is 4.98 Å². The number of rotatable bonds is 4. The lowest BCUT2D eigenvalue weighted by atomic mass is 9.97. The van der Waals surface area contributed by atoms with E-state index in [9.17, 15) is 8.42 Å². The number of benzene rings is 1. The smallest absolute Gasteiger partial charge is 0.298 e. The molecule has 0 spiro atoms. The van der Waals surface area contributed by atoms with Crippen molar-refractivity contribution in [2.45, 2.75) is 12.8 Å². The van der Waals surface area contributed by atoms with Gasteiger partial charge in [-0.25, -0.2) is 12.7 Å². The Morgan fingerprint density at radius 1 is 1.39 bits per heavy atom. The Labute approximate surface area is 141 Å². The van der Waals surface area contributed by atoms with Crippen molar-refractivity contribution in [3.05, 3.63) is 23.2 Å². The molecule has 1 aromatic carbocycles. The quantitative estimate of drug-likeness (QED) is 0.841. The van der Waals surface area contributed by atoms with E-state index >= 15 is 0 Å². The van der Waals surface area contributed by atoms with Crippen molar-refractivity contribution >= 4 is 38.7 Å². The minimum absolute atomic E-state index is 0.366. The summed E-state index contributed by atoms with van der Waals surface area (Å²) in [7, 11) is -1.48. The summed E-state index contributed by atoms with van der Waals surface area (Å²) in [5, 5.41) is 0.639. The summed E-state index contributed by atoms with van der Waals surface area (Å²) in [5.41, 5.74) is 1.48. The number of halogens is 1. The minimum atomic E-state index is -3.11. The second-order valence-electron chi connectivity index (χ2n) is 6.08. The summed E-state index contributed by atoms with van der Waals surface area (Å²) in [6, 6.07) is 6.00. The van der Waals surface area contributed by atoms with E-state index in [4.69, 9.17) is 16.0 Å². The van der Waals surface area contributed by atoms with Crippen molar-refractivity contribution < 1.29 is 12.8 Å². The van der Waals surface area contributed by atoms with Gasteiger partial charge in [0, 0.05) is 31.7 Å². The van der Waals surface area contributed by atoms with Crippen molar-refractivity contribution in [3.63, 3.8) is 0 Å². The molecule has 0 amide bonds. The van der Waals surface area contributed by atoms with Gasteiger partial charge >= 0.3 is 0 Å². The molecule has 0 atom stereocenters. The molecule has 2 heterocycles. The fourth-order valence-electron chi connectivity index (χ4n) is 2.83. The van der Waals surface area contributed by atoms with Crippen LogP contribution in [0.3, 0.4) is 0 Å². The fraction of sp³-hybridized carbons (Fsp3) is 0.533. The highest BCUT2D eigenvalue weighted by atomic mass is 35.5. The van der Waals surface area contributed by atoms with Gasteiger partial charge in [0.05, 0.1) is 6.26 Å². The van der Waals surface area contributed by atoms with Crippen molar-refractivity contribution in [1.29, 1.82) is 0 Å². The molecule has 1 aliphatic heterocycles. The Morgan fingerprint density at radius 3 is 2.74 bits per heavy atom. The molecule has 0 N–H and O–H groups in total. The number of hydrogen-bond donors (Lipinski definition) is 0. The number of fused-ring (bicyclic) bond motifs is 1. The minimum Gasteiger partial charge on any atom is -0.423 e. The monoisotopic (exact) mass is 357 g/mol. The molecule has 8 heteroatoms. The maximum absolute atomic E-state index is 11.5. The van der Waals surface area contributed by atoms with Crippen molar-refractivity contribution in [3.8, 4) is 0 Å². The SMILES string of the molecule is CN(CC1CCN(c2nc3cc(Cl)ccc3o2)CC1)S(C)(=O)=O. The highest BCUT2D eigenvalue weighted by molar-refractivity contribution is 7.88. The third-order valence-electron chi connectivity index (χ3n) is 4.30. The number of nitrogens with zero attached hydrogens (tertiary/aromatic N) is 3. The highest BCUT2D eigenvalue weighted by Gasteiger charge is 2.25. The largest absolute Gasteiger partial charge is 0.423 e. The summed E-state index contributed by atoms with van der Waals surface area (Å²) < 4.78 is 30.2. The zero-order valence-electron chi connectivity index (χ0n) is 13.2. The van der Waals surface area contributed by atoms with Crippen LogP contribution in [-0.4, -0.2) is 50.6 Å². The Bertz CT molecular complexity index is 797. The Hall–Kier alpha value is -1.31. The average Bonchev–Trinajstić information content (AvgIpc) is 2.90. The van der Waals surface area contributed by atoms with Gasteiger partial charge in [0.1, 0.15) is 5.52 Å². The molecule has 1 aliphatic rings. The van der Waals surface area contributed by atoms with Crippen molar-refractivity contribution in [2.24, 2.45) is 5.92 Å². The van der Waals surface area contributed by atoms with E-state index < -0.39 is 10.0 Å². The first-order valence-electron chi connectivity index (χ1n) is 7.55. The standard InChI is InChI=1S/C15H20ClN3O3S/c1-18(23(2,20)21)10-11-5-7-19(8-6-11)15-17-13-9-12(16)3-4-14(13)22-15/h3-4,9,11H,5-8,10H2,1-2H3. The molecule has 0 saturated carbocycles. The molecular formula is C15H20ClN3O3S. The molecule has 0 bridgehead atoms. The van der Waals surface area contributed by atoms with Gasteiger partial charge in [0.25, 0.3) is 6.01 Å². The molecule has 6 nitrogen and oxygen atoms in total. The van der Waals surface area contributed by atoms with Gasteiger partial charge in [0.15, 0.2) is 5.58 Å². The Balaban J connectivity index is 1.64. The van der Waals surface area contributed by atoms with E-state index in [1.165, 1.54) is 10.6 Å². The summed E-state index contributed by atoms with van der Waals surface area (Å²) in [6.45, 7) is 2.18. The van der Waals surface area contributed by atoms with Crippen LogP contribution in [0.5, 0.6) is 0 Å². The molecule has 1 fully saturated rings. The van der Waals surface area contributed by atoms with E-state index in [2.05, 4.69) is 9.88 Å². The van der Waals surface area contributed by atoms with Crippen LogP contribution in [0.2, 0.25) is 5.02 Å². The molecular weight excluding hydrogens is 338 g/mol. The molecule has 1 saturated heterocycles. The third-order valence-corrected chi connectivity index (χ3v) is 5.82. The van der Waals surface area contributed by atoms with Crippen LogP contribution < -0.4 is 4.90 Å². The number of anilines is 1. The number of hydrogen-bond acceptors (Lipinski definition) is 5. The number of sulfonamides is 1. The van der Waals surface area contributed by atoms with Gasteiger partial charge in [-0.3, -0.25) is 0 Å². The lowest BCUT2D eigenvalue weighted by molar-refractivity contribution is 0.323. The molecule has 1 aromatic heterocycles. The summed E-state index contributed by atoms with van der Waals surface area (Å²) in [6.07, 6.45) is 3.07. The lowest BCUT2D eigenvalue weighted by Gasteiger charge is -2.32. The molecule has 0 radical (unpaired) electrons. The van der Waals surface area contributed by atoms with E-state index in [1.54, 1.807) is 19.2 Å². The summed E-state index contributed by atoms with van der Waals surface area (Å²) in [5.74, 6) is 0.366. The topological polar surface area (TPSA) is 66.7 Å². The Kier molecular flexibility index (Phi) is 4.53. The van der Waals surface area contributed by atoms with Crippen LogP contribution in [0.1, 0.15) is 12.8 Å². The predicted molar refractivity (Wildman–Crippen MR) is 91.4 cm³/mol. The van der Waals surface area contributed by atoms with E-state index in [1.807, 2.05) is 6.07 Å². The van der Waals surface area contributed by atoms with E-state index in [0.717, 1.165) is 37.0 Å². The summed E-state index contributed by atoms with van der Waals surface area (Å²) >= 11 is 5.97. The first kappa shape index (κ1) is 16.5. The van der Waals surface area contributed by atoms with Crippen molar-refractivity contribution in [1.82, 2.24) is 9.29 Å². The molecule has 126 valence electrons. The number of piperidine rings is 1. The summed E-state index contributed by atoms with van der Waals surface area (Å²) in [4.78, 5) is 6.59. The lowest BCUT2D eigenvalue weighted by Crippen LogP contribution is -2.39. The van der Waals surface area contributed by atoms with Gasteiger partial charge < -0.3 is 9.32 Å². The fourth-order valence-corrected chi connectivity index (χ4v) is 3.48. The van der Waals surface area contributed by atoms with Crippen LogP contribution in [-0.2, 0) is 10.0 Å². The molecule has 23 heavy (non-hydrogen) atoms. The predicted octanol–water partition coefficient (Wildman–Crippen LogP) is 2.59. The van der Waals surface area contributed by atoms with Gasteiger partial charge in [-0.15, -0.1) is 0 Å². The first-order valence-corrected chi connectivity index (χ1v) is 9.78. The Morgan fingerprint density at radius 2 is 2.09 bits per heavy atom. The van der Waals surface area contributed by atoms with Crippen LogP contribution in [0, 0.1) is 5.92 Å². The highest BCUT2D eigenvalue weighted by Crippen LogP contribution is 2.28. The van der Waals surface area contributed by atoms with Crippen LogP contribution in [0.4, 0.5) is 6.01 Å². The zero-order chi connectivity index (χ0) is 16.6. The van der Waals surface area contributed by atoms with E-state index in [-0.39, 0.29) is 0 Å². The first-order chi connectivity index (χ1) is 10.8. The number of aromatic nitrogens is 1. The molecule has 2 aromatic rings. The normalized spacial score (nSPS) is 17.3. The maximum atomic E-state index is 11.5. The third kappa shape index (κ3) is 3.79. The van der Waals surface area contributed by atoms with Gasteiger partial charge in [0.2, 0.25) is 10.0 Å². The van der Waals surface area contributed by atoms with Gasteiger partial charge in [-0.05, 0) is 37.0 Å². The van der Waals surface area contributed by atoms with Crippen LogP contribution in [0.15, 0.2) is 22.6 Å². The zero-order valence-corrected chi connectivity index (χ0v) is 14.8. The molecule has 0 unspecified atom stereocenters. The second-order valence-corrected chi connectivity index (χ2v) is 8.61. The molecule has 0 aliphatic carbocycles. The van der Waals surface area contributed by atoms with E-state index in [0.29, 0.717) is 23.5 Å². The number of oxazole rings is 1. The van der Waals surface area contributed by atoms with Gasteiger partial charge in [-0.1, -0.05) is 11.6 Å².